The van der Waals surface area contributed by atoms with Crippen molar-refractivity contribution in [1.29, 1.82) is 0 Å². The van der Waals surface area contributed by atoms with Crippen LogP contribution in [-0.2, 0) is 33.9 Å². The maximum atomic E-state index is 5.39. The summed E-state index contributed by atoms with van der Waals surface area (Å²) in [4.78, 5) is 10.6. The molecule has 220 valence electrons. The Kier molecular flexibility index (Phi) is 10.2. The molecule has 5 rings (SSSR count). The van der Waals surface area contributed by atoms with Gasteiger partial charge in [0.25, 0.3) is 0 Å². The van der Waals surface area contributed by atoms with Crippen molar-refractivity contribution in [2.45, 2.75) is 113 Å². The number of hydrogen-bond acceptors (Lipinski definition) is 2. The number of rotatable bonds is 8. The summed E-state index contributed by atoms with van der Waals surface area (Å²) in [5.41, 5.74) is 15.6. The average molecular weight is 729 g/mol. The first-order chi connectivity index (χ1) is 19.5. The van der Waals surface area contributed by atoms with Crippen LogP contribution >= 0.6 is 0 Å². The van der Waals surface area contributed by atoms with Crippen LogP contribution in [0.4, 0.5) is 0 Å². The molecule has 4 heterocycles. The molecule has 1 aromatic carbocycles. The molecule has 0 N–H and O–H groups in total. The smallest absolute Gasteiger partial charge is 0.678 e. The Morgan fingerprint density at radius 2 is 1.15 bits per heavy atom. The summed E-state index contributed by atoms with van der Waals surface area (Å²) in [5, 5.41) is 8.02. The first-order valence-corrected chi connectivity index (χ1v) is 16.0. The Labute approximate surface area is 262 Å². The predicted molar refractivity (Wildman–Crippen MR) is 173 cm³/mol. The maximum absolute atomic E-state index is 5.39. The zero-order valence-electron chi connectivity index (χ0n) is 26.4. The van der Waals surface area contributed by atoms with Crippen molar-refractivity contribution >= 4 is 23.6 Å². The summed E-state index contributed by atoms with van der Waals surface area (Å²) in [6, 6.07) is 2.52. The number of allylic oxidation sites excluding steroid dienone is 5. The molecule has 0 aromatic heterocycles. The molecule has 4 heteroatoms. The summed E-state index contributed by atoms with van der Waals surface area (Å²) in [6.45, 7) is 18.3. The summed E-state index contributed by atoms with van der Waals surface area (Å²) >= 11 is 0. The molecule has 8 bridgehead atoms. The first kappa shape index (κ1) is 31.6. The standard InChI is InChI=1S/C37H47N3.Pt/c1-9-24-22-17-23(25(24)10-2)19-33-27(12-4)29(14-6)35(39-33)21-37-31(16-8)30(15-7)36(40-37)20-34-28(13-5)26(11-3)32(18-22)38-34;/h17-21,30,36H,9-16H2,1-8H3;/q-2;+2/b22-18+,23-19+,34-20-,35-21-;. The molecular formula is C37H47N3Pt. The Balaban J connectivity index is 0.00000387. The Morgan fingerprint density at radius 1 is 0.634 bits per heavy atom. The van der Waals surface area contributed by atoms with Crippen LogP contribution in [0.5, 0.6) is 0 Å². The van der Waals surface area contributed by atoms with Gasteiger partial charge in [0.05, 0.1) is 11.4 Å². The summed E-state index contributed by atoms with van der Waals surface area (Å²) in [5.74, 6) is 0.415. The van der Waals surface area contributed by atoms with Gasteiger partial charge < -0.3 is 5.32 Å². The van der Waals surface area contributed by atoms with E-state index in [1.807, 2.05) is 0 Å². The topological polar surface area (TPSA) is 38.8 Å². The van der Waals surface area contributed by atoms with E-state index in [2.05, 4.69) is 85.8 Å². The minimum atomic E-state index is 0. The van der Waals surface area contributed by atoms with Crippen molar-refractivity contribution in [2.24, 2.45) is 15.9 Å². The minimum Gasteiger partial charge on any atom is -0.678 e. The van der Waals surface area contributed by atoms with Crippen molar-refractivity contribution in [2.75, 3.05) is 0 Å². The van der Waals surface area contributed by atoms with E-state index in [9.17, 15) is 0 Å². The third-order valence-electron chi connectivity index (χ3n) is 9.42. The fraction of sp³-hybridized carbons (Fsp3) is 0.486. The van der Waals surface area contributed by atoms with Crippen LogP contribution in [0.25, 0.3) is 17.5 Å². The van der Waals surface area contributed by atoms with E-state index in [1.54, 1.807) is 0 Å². The normalized spacial score (nSPS) is 25.9. The second kappa shape index (κ2) is 13.3. The summed E-state index contributed by atoms with van der Waals surface area (Å²) in [7, 11) is 0. The van der Waals surface area contributed by atoms with Gasteiger partial charge in [0.1, 0.15) is 0 Å². The molecule has 0 saturated heterocycles. The monoisotopic (exact) mass is 728 g/mol. The van der Waals surface area contributed by atoms with Crippen LogP contribution in [0.1, 0.15) is 105 Å². The molecule has 1 aromatic rings. The number of aliphatic imine (C=N–C) groups is 2. The van der Waals surface area contributed by atoms with E-state index >= 15 is 0 Å². The molecule has 0 radical (unpaired) electrons. The van der Waals surface area contributed by atoms with Gasteiger partial charge in [-0.05, 0) is 60.3 Å². The molecule has 0 saturated carbocycles. The van der Waals surface area contributed by atoms with Gasteiger partial charge in [-0.2, -0.15) is 0 Å². The molecule has 41 heavy (non-hydrogen) atoms. The molecule has 4 aliphatic heterocycles. The van der Waals surface area contributed by atoms with E-state index < -0.39 is 0 Å². The van der Waals surface area contributed by atoms with Crippen LogP contribution in [0.15, 0.2) is 73.2 Å². The quantitative estimate of drug-likeness (QED) is 0.241. The molecular weight excluding hydrogens is 682 g/mol. The maximum Gasteiger partial charge on any atom is 2.00 e. The van der Waals surface area contributed by atoms with Gasteiger partial charge in [-0.25, -0.2) is 0 Å². The minimum absolute atomic E-state index is 0. The summed E-state index contributed by atoms with van der Waals surface area (Å²) < 4.78 is 0. The van der Waals surface area contributed by atoms with Crippen LogP contribution in [-0.4, -0.2) is 17.5 Å². The van der Waals surface area contributed by atoms with E-state index in [0.29, 0.717) is 5.92 Å². The largest absolute Gasteiger partial charge is 2.00 e. The molecule has 0 fully saturated rings. The number of hydrogen-bond donors (Lipinski definition) is 0. The second-order valence-corrected chi connectivity index (χ2v) is 11.3. The van der Waals surface area contributed by atoms with Crippen molar-refractivity contribution in [3.63, 3.8) is 0 Å². The van der Waals surface area contributed by atoms with Gasteiger partial charge in [-0.15, -0.1) is 33.3 Å². The van der Waals surface area contributed by atoms with Gasteiger partial charge in [-0.1, -0.05) is 111 Å². The van der Waals surface area contributed by atoms with Crippen molar-refractivity contribution in [3.8, 4) is 0 Å². The third kappa shape index (κ3) is 5.45. The zero-order chi connectivity index (χ0) is 28.6. The van der Waals surface area contributed by atoms with Crippen molar-refractivity contribution in [1.82, 2.24) is 0 Å². The van der Waals surface area contributed by atoms with E-state index in [0.717, 1.165) is 79.9 Å². The molecule has 4 aliphatic rings. The van der Waals surface area contributed by atoms with Gasteiger partial charge >= 0.3 is 21.1 Å². The van der Waals surface area contributed by atoms with Crippen LogP contribution in [0.3, 0.4) is 0 Å². The van der Waals surface area contributed by atoms with Gasteiger partial charge in [-0.3, -0.25) is 9.98 Å². The van der Waals surface area contributed by atoms with Gasteiger partial charge in [0.15, 0.2) is 0 Å². The van der Waals surface area contributed by atoms with E-state index in [-0.39, 0.29) is 27.1 Å². The van der Waals surface area contributed by atoms with Crippen molar-refractivity contribution < 1.29 is 21.1 Å². The SMILES string of the molecule is CCC1=C(CC)/C2=C/C3=C(CC)C(CC)C(/C=C4N=C(/C=c5\[cH-]/c(c(CC)c5CC)=C\C1=N2)C(CC)=C\4CC)[N-]3.[Pt+2]. The Morgan fingerprint density at radius 3 is 1.61 bits per heavy atom. The Hall–Kier alpha value is -2.38. The van der Waals surface area contributed by atoms with Crippen LogP contribution < -0.4 is 10.4 Å². The summed E-state index contributed by atoms with van der Waals surface area (Å²) in [6.07, 6.45) is 17.5. The fourth-order valence-electron chi connectivity index (χ4n) is 7.53. The fourth-order valence-corrected chi connectivity index (χ4v) is 7.53. The molecule has 2 unspecified atom stereocenters. The van der Waals surface area contributed by atoms with Crippen LogP contribution in [0.2, 0.25) is 0 Å². The molecule has 2 atom stereocenters. The molecule has 0 aliphatic carbocycles. The van der Waals surface area contributed by atoms with E-state index in [1.165, 1.54) is 49.4 Å². The second-order valence-electron chi connectivity index (χ2n) is 11.3. The zero-order valence-corrected chi connectivity index (χ0v) is 28.6. The van der Waals surface area contributed by atoms with Gasteiger partial charge in [0.2, 0.25) is 0 Å². The third-order valence-corrected chi connectivity index (χ3v) is 9.42. The first-order valence-electron chi connectivity index (χ1n) is 16.0. The van der Waals surface area contributed by atoms with E-state index in [4.69, 9.17) is 15.3 Å². The Bertz CT molecular complexity index is 1550. The number of nitrogens with zero attached hydrogens (tertiary/aromatic N) is 3. The van der Waals surface area contributed by atoms with Gasteiger partial charge in [0, 0.05) is 11.4 Å². The average Bonchev–Trinajstić information content (AvgIpc) is 3.67. The molecule has 0 spiro atoms. The predicted octanol–water partition coefficient (Wildman–Crippen LogP) is 8.46. The molecule has 3 nitrogen and oxygen atoms in total. The van der Waals surface area contributed by atoms with Crippen LogP contribution in [0, 0.1) is 5.92 Å². The van der Waals surface area contributed by atoms with Crippen molar-refractivity contribution in [3.05, 3.63) is 90.1 Å². The number of fused-ring (bicyclic) bond motifs is 6. The molecule has 0 amide bonds.